The molecule has 0 saturated heterocycles. The van der Waals surface area contributed by atoms with Gasteiger partial charge in [-0.2, -0.15) is 13.2 Å². The van der Waals surface area contributed by atoms with Gasteiger partial charge in [0, 0.05) is 13.1 Å². The maximum atomic E-state index is 11.6. The molecule has 15 heavy (non-hydrogen) atoms. The van der Waals surface area contributed by atoms with Gasteiger partial charge in [0.15, 0.2) is 0 Å². The Bertz CT molecular complexity index is 243. The van der Waals surface area contributed by atoms with Crippen LogP contribution in [-0.4, -0.2) is 42.5 Å². The molecule has 0 heterocycles. The van der Waals surface area contributed by atoms with Crippen LogP contribution < -0.4 is 10.6 Å². The highest BCUT2D eigenvalue weighted by Gasteiger charge is 2.38. The number of aliphatic hydroxyl groups excluding tert-OH is 1. The van der Waals surface area contributed by atoms with E-state index in [4.69, 9.17) is 5.11 Å². The largest absolute Gasteiger partial charge is 0.471 e. The first-order chi connectivity index (χ1) is 6.73. The van der Waals surface area contributed by atoms with Crippen LogP contribution in [0.15, 0.2) is 0 Å². The summed E-state index contributed by atoms with van der Waals surface area (Å²) in [4.78, 5) is 19.9. The van der Waals surface area contributed by atoms with E-state index in [2.05, 4.69) is 0 Å². The lowest BCUT2D eigenvalue weighted by molar-refractivity contribution is -0.173. The second kappa shape index (κ2) is 5.49. The molecule has 0 aliphatic carbocycles. The third-order valence-corrected chi connectivity index (χ3v) is 1.23. The van der Waals surface area contributed by atoms with Crippen LogP contribution in [0.25, 0.3) is 0 Å². The fourth-order valence-electron chi connectivity index (χ4n) is 0.581. The molecule has 0 aromatic heterocycles. The van der Waals surface area contributed by atoms with Gasteiger partial charge in [-0.25, -0.2) is 4.79 Å². The van der Waals surface area contributed by atoms with Crippen LogP contribution >= 0.6 is 0 Å². The minimum absolute atomic E-state index is 0.590. The Morgan fingerprint density at radius 1 is 1.20 bits per heavy atom. The molecule has 9 heteroatoms. The Morgan fingerprint density at radius 2 is 1.67 bits per heavy atom. The molecule has 0 aliphatic heterocycles. The lowest BCUT2D eigenvalue weighted by Gasteiger charge is -2.12. The van der Waals surface area contributed by atoms with Gasteiger partial charge in [-0.1, -0.05) is 0 Å². The van der Waals surface area contributed by atoms with Crippen molar-refractivity contribution < 1.29 is 32.3 Å². The monoisotopic (exact) mass is 232 g/mol. The van der Waals surface area contributed by atoms with E-state index in [9.17, 15) is 27.2 Å². The molecule has 1 atom stereocenters. The van der Waals surface area contributed by atoms with Gasteiger partial charge in [0.2, 0.25) is 0 Å². The van der Waals surface area contributed by atoms with Gasteiger partial charge in [-0.3, -0.25) is 4.79 Å². The minimum atomic E-state index is -5.04. The van der Waals surface area contributed by atoms with Gasteiger partial charge in [0.05, 0.1) is 6.10 Å². The molecule has 0 rings (SSSR count). The van der Waals surface area contributed by atoms with Crippen LogP contribution in [0.3, 0.4) is 0 Å². The van der Waals surface area contributed by atoms with Crippen LogP contribution in [0.1, 0.15) is 0 Å². The van der Waals surface area contributed by atoms with Crippen molar-refractivity contribution in [1.82, 2.24) is 10.6 Å². The lowest BCUT2D eigenvalue weighted by atomic mass is 10.3. The van der Waals surface area contributed by atoms with Crippen LogP contribution in [0.5, 0.6) is 0 Å². The number of aliphatic hydroxyl groups is 1. The van der Waals surface area contributed by atoms with Crippen LogP contribution in [-0.2, 0) is 4.79 Å². The minimum Gasteiger partial charge on any atom is -0.389 e. The molecule has 1 unspecified atom stereocenters. The molecular weight excluding hydrogens is 224 g/mol. The van der Waals surface area contributed by atoms with Crippen molar-refractivity contribution in [2.45, 2.75) is 12.3 Å². The molecule has 3 N–H and O–H groups in total. The second-order valence-electron chi connectivity index (χ2n) is 2.52. The Morgan fingerprint density at radius 3 is 2.07 bits per heavy atom. The quantitative estimate of drug-likeness (QED) is 0.354. The number of hydrogen-bond acceptors (Lipinski definition) is 3. The van der Waals surface area contributed by atoms with Crippen molar-refractivity contribution in [2.75, 3.05) is 13.1 Å². The van der Waals surface area contributed by atoms with E-state index in [1.807, 2.05) is 0 Å². The fourth-order valence-corrected chi connectivity index (χ4v) is 0.581. The summed E-state index contributed by atoms with van der Waals surface area (Å²) in [5, 5.41) is 11.7. The highest BCUT2D eigenvalue weighted by Crippen LogP contribution is 2.13. The predicted octanol–water partition coefficient (Wildman–Crippen LogP) is -0.295. The number of halogens is 4. The van der Waals surface area contributed by atoms with E-state index in [-0.39, 0.29) is 0 Å². The molecule has 5 nitrogen and oxygen atoms in total. The van der Waals surface area contributed by atoms with Gasteiger partial charge in [-0.15, -0.1) is 4.39 Å². The van der Waals surface area contributed by atoms with Crippen LogP contribution in [0.4, 0.5) is 22.4 Å². The summed E-state index contributed by atoms with van der Waals surface area (Å²) in [6.45, 7) is -1.33. The van der Waals surface area contributed by atoms with E-state index in [1.54, 1.807) is 0 Å². The first-order valence-electron chi connectivity index (χ1n) is 3.70. The van der Waals surface area contributed by atoms with Gasteiger partial charge < -0.3 is 15.7 Å². The summed E-state index contributed by atoms with van der Waals surface area (Å²) in [5.41, 5.74) is 0. The van der Waals surface area contributed by atoms with E-state index >= 15 is 0 Å². The van der Waals surface area contributed by atoms with Crippen molar-refractivity contribution >= 4 is 12.1 Å². The van der Waals surface area contributed by atoms with Crippen molar-refractivity contribution in [2.24, 2.45) is 0 Å². The maximum absolute atomic E-state index is 11.6. The summed E-state index contributed by atoms with van der Waals surface area (Å²) < 4.78 is 46.3. The van der Waals surface area contributed by atoms with Crippen molar-refractivity contribution in [1.29, 1.82) is 0 Å². The summed E-state index contributed by atoms with van der Waals surface area (Å²) in [6.07, 6.45) is -8.45. The molecule has 0 radical (unpaired) electrons. The Balaban J connectivity index is 3.76. The van der Waals surface area contributed by atoms with Crippen LogP contribution in [0, 0.1) is 0 Å². The molecule has 0 spiro atoms. The third kappa shape index (κ3) is 6.66. The number of alkyl halides is 3. The van der Waals surface area contributed by atoms with E-state index in [1.165, 1.54) is 10.6 Å². The topological polar surface area (TPSA) is 78.4 Å². The molecule has 88 valence electrons. The SMILES string of the molecule is O=C(F)NCC(O)CNC(=O)C(F)(F)F. The average Bonchev–Trinajstić information content (AvgIpc) is 2.09. The molecule has 0 fully saturated rings. The molecule has 0 aromatic rings. The summed E-state index contributed by atoms with van der Waals surface area (Å²) >= 11 is 0. The fraction of sp³-hybridized carbons (Fsp3) is 0.667. The predicted molar refractivity (Wildman–Crippen MR) is 39.6 cm³/mol. The maximum Gasteiger partial charge on any atom is 0.471 e. The van der Waals surface area contributed by atoms with Crippen molar-refractivity contribution in [3.05, 3.63) is 0 Å². The smallest absolute Gasteiger partial charge is 0.389 e. The zero-order valence-corrected chi connectivity index (χ0v) is 7.27. The highest BCUT2D eigenvalue weighted by atomic mass is 19.4. The lowest BCUT2D eigenvalue weighted by Crippen LogP contribution is -2.43. The summed E-state index contributed by atoms with van der Waals surface area (Å²) in [5.74, 6) is -2.21. The number of hydrogen-bond donors (Lipinski definition) is 3. The van der Waals surface area contributed by atoms with Crippen molar-refractivity contribution in [3.8, 4) is 0 Å². The van der Waals surface area contributed by atoms with E-state index in [0.717, 1.165) is 0 Å². The van der Waals surface area contributed by atoms with Gasteiger partial charge in [-0.05, 0) is 0 Å². The second-order valence-corrected chi connectivity index (χ2v) is 2.52. The van der Waals surface area contributed by atoms with Gasteiger partial charge in [0.1, 0.15) is 0 Å². The zero-order chi connectivity index (χ0) is 12.1. The molecule has 0 aromatic carbocycles. The molecule has 0 saturated carbocycles. The van der Waals surface area contributed by atoms with Crippen LogP contribution in [0.2, 0.25) is 0 Å². The number of carbonyl (C=O) groups excluding carboxylic acids is 2. The Labute approximate surface area is 81.4 Å². The van der Waals surface area contributed by atoms with E-state index < -0.39 is 37.4 Å². The Hall–Kier alpha value is -1.38. The molecular formula is C6H8F4N2O3. The molecule has 0 aliphatic rings. The number of rotatable bonds is 4. The van der Waals surface area contributed by atoms with Gasteiger partial charge >= 0.3 is 18.2 Å². The number of carbonyl (C=O) groups is 2. The summed E-state index contributed by atoms with van der Waals surface area (Å²) in [7, 11) is 0. The standard InChI is InChI=1S/C6H8F4N2O3/c7-5(15)12-2-3(13)1-11-4(14)6(8,9)10/h3,13H,1-2H2,(H,11,14)(H,12,15). The normalized spacial score (nSPS) is 13.1. The molecule has 2 amide bonds. The summed E-state index contributed by atoms with van der Waals surface area (Å²) in [6, 6.07) is 0. The van der Waals surface area contributed by atoms with Gasteiger partial charge in [0.25, 0.3) is 0 Å². The molecule has 0 bridgehead atoms. The third-order valence-electron chi connectivity index (χ3n) is 1.23. The Kier molecular flexibility index (Phi) is 4.98. The number of nitrogens with one attached hydrogen (secondary N) is 2. The van der Waals surface area contributed by atoms with E-state index in [0.29, 0.717) is 0 Å². The zero-order valence-electron chi connectivity index (χ0n) is 7.27. The highest BCUT2D eigenvalue weighted by molar-refractivity contribution is 5.81. The first-order valence-corrected chi connectivity index (χ1v) is 3.70. The number of amides is 2. The average molecular weight is 232 g/mol. The first kappa shape index (κ1) is 13.6. The van der Waals surface area contributed by atoms with Crippen molar-refractivity contribution in [3.63, 3.8) is 0 Å².